The van der Waals surface area contributed by atoms with Crippen LogP contribution in [0.3, 0.4) is 0 Å². The summed E-state index contributed by atoms with van der Waals surface area (Å²) >= 11 is 0. The van der Waals surface area contributed by atoms with E-state index in [1.165, 1.54) is 11.2 Å². The van der Waals surface area contributed by atoms with Crippen LogP contribution < -0.4 is 4.74 Å². The zero-order chi connectivity index (χ0) is 22.6. The minimum Gasteiger partial charge on any atom is -0.491 e. The van der Waals surface area contributed by atoms with Crippen molar-refractivity contribution < 1.29 is 31.8 Å². The molecule has 0 radical (unpaired) electrons. The van der Waals surface area contributed by atoms with Gasteiger partial charge in [0.2, 0.25) is 10.0 Å². The van der Waals surface area contributed by atoms with Crippen molar-refractivity contribution in [2.24, 2.45) is 0 Å². The monoisotopic (exact) mass is 454 g/mol. The molecule has 1 heterocycles. The van der Waals surface area contributed by atoms with Gasteiger partial charge >= 0.3 is 0 Å². The van der Waals surface area contributed by atoms with Crippen LogP contribution in [0.15, 0.2) is 47.4 Å². The minimum absolute atomic E-state index is 0.0442. The van der Waals surface area contributed by atoms with Crippen LogP contribution in [0.1, 0.15) is 17.3 Å². The van der Waals surface area contributed by atoms with Crippen molar-refractivity contribution in [1.82, 2.24) is 9.21 Å². The highest BCUT2D eigenvalue weighted by atomic mass is 32.2. The van der Waals surface area contributed by atoms with Crippen LogP contribution in [-0.4, -0.2) is 73.9 Å². The van der Waals surface area contributed by atoms with Crippen LogP contribution >= 0.6 is 0 Å². The molecule has 2 aromatic rings. The smallest absolute Gasteiger partial charge is 0.243 e. The Bertz CT molecular complexity index is 1020. The molecular formula is C21H24F2N2O5S. The van der Waals surface area contributed by atoms with Gasteiger partial charge in [0.25, 0.3) is 0 Å². The number of sulfonamides is 1. The number of ketones is 1. The first-order chi connectivity index (χ1) is 14.7. The highest BCUT2D eigenvalue weighted by Crippen LogP contribution is 2.20. The number of carbonyl (C=O) groups excluding carboxylic acids is 1. The summed E-state index contributed by atoms with van der Waals surface area (Å²) in [7, 11) is -3.92. The SMILES string of the molecule is CC(=O)c1ccc(OC[C@H](O)CN2CCN(S(=O)(=O)c3ccc(F)c(F)c3)CC2)cc1. The van der Waals surface area contributed by atoms with Crippen molar-refractivity contribution in [3.63, 3.8) is 0 Å². The number of hydrogen-bond acceptors (Lipinski definition) is 6. The first-order valence-electron chi connectivity index (χ1n) is 9.76. The molecule has 0 spiro atoms. The molecule has 1 saturated heterocycles. The van der Waals surface area contributed by atoms with Gasteiger partial charge in [-0.1, -0.05) is 0 Å². The van der Waals surface area contributed by atoms with Gasteiger partial charge in [0.05, 0.1) is 4.90 Å². The van der Waals surface area contributed by atoms with E-state index in [-0.39, 0.29) is 30.4 Å². The topological polar surface area (TPSA) is 87.2 Å². The van der Waals surface area contributed by atoms with E-state index < -0.39 is 27.8 Å². The first kappa shape index (κ1) is 23.3. The number of piperazine rings is 1. The summed E-state index contributed by atoms with van der Waals surface area (Å²) in [5, 5.41) is 10.2. The predicted molar refractivity (Wildman–Crippen MR) is 110 cm³/mol. The summed E-state index contributed by atoms with van der Waals surface area (Å²) in [5.41, 5.74) is 0.573. The molecule has 3 rings (SSSR count). The Morgan fingerprint density at radius 3 is 2.29 bits per heavy atom. The largest absolute Gasteiger partial charge is 0.491 e. The number of nitrogens with zero attached hydrogens (tertiary/aromatic N) is 2. The second-order valence-corrected chi connectivity index (χ2v) is 9.26. The van der Waals surface area contributed by atoms with Crippen LogP contribution in [0.4, 0.5) is 8.78 Å². The Morgan fingerprint density at radius 2 is 1.71 bits per heavy atom. The number of rotatable bonds is 8. The second kappa shape index (κ2) is 9.82. The summed E-state index contributed by atoms with van der Waals surface area (Å²) in [6.07, 6.45) is -0.790. The average Bonchev–Trinajstić information content (AvgIpc) is 2.75. The van der Waals surface area contributed by atoms with Gasteiger partial charge in [0, 0.05) is 38.3 Å². The molecule has 1 aliphatic heterocycles. The van der Waals surface area contributed by atoms with Crippen molar-refractivity contribution in [3.05, 3.63) is 59.7 Å². The number of Topliss-reactive ketones (excluding diaryl/α,β-unsaturated/α-hetero) is 1. The van der Waals surface area contributed by atoms with Crippen LogP contribution in [0.2, 0.25) is 0 Å². The van der Waals surface area contributed by atoms with Crippen molar-refractivity contribution in [2.75, 3.05) is 39.3 Å². The van der Waals surface area contributed by atoms with E-state index in [0.29, 0.717) is 37.0 Å². The Morgan fingerprint density at radius 1 is 1.06 bits per heavy atom. The lowest BCUT2D eigenvalue weighted by molar-refractivity contribution is 0.0569. The van der Waals surface area contributed by atoms with Crippen LogP contribution in [0, 0.1) is 11.6 Å². The molecule has 0 bridgehead atoms. The zero-order valence-corrected chi connectivity index (χ0v) is 17.8. The molecule has 1 aliphatic rings. The maximum atomic E-state index is 13.4. The molecule has 31 heavy (non-hydrogen) atoms. The van der Waals surface area contributed by atoms with Gasteiger partial charge < -0.3 is 9.84 Å². The molecule has 0 aromatic heterocycles. The Balaban J connectivity index is 1.48. The fourth-order valence-corrected chi connectivity index (χ4v) is 4.70. The average molecular weight is 454 g/mol. The normalized spacial score (nSPS) is 16.8. The van der Waals surface area contributed by atoms with Crippen LogP contribution in [0.25, 0.3) is 0 Å². The molecule has 168 valence electrons. The second-order valence-electron chi connectivity index (χ2n) is 7.33. The molecule has 7 nitrogen and oxygen atoms in total. The number of halogens is 2. The van der Waals surface area contributed by atoms with Gasteiger partial charge in [-0.05, 0) is 49.4 Å². The predicted octanol–water partition coefficient (Wildman–Crippen LogP) is 1.91. The summed E-state index contributed by atoms with van der Waals surface area (Å²) in [6, 6.07) is 9.14. The fraction of sp³-hybridized carbons (Fsp3) is 0.381. The number of aliphatic hydroxyl groups is 1. The third kappa shape index (κ3) is 5.85. The molecule has 1 fully saturated rings. The lowest BCUT2D eigenvalue weighted by atomic mass is 10.1. The lowest BCUT2D eigenvalue weighted by Gasteiger charge is -2.34. The molecule has 2 aromatic carbocycles. The molecule has 0 saturated carbocycles. The number of carbonyl (C=O) groups is 1. The van der Waals surface area contributed by atoms with E-state index in [1.807, 2.05) is 4.90 Å². The van der Waals surface area contributed by atoms with Gasteiger partial charge in [-0.3, -0.25) is 9.69 Å². The maximum absolute atomic E-state index is 13.4. The van der Waals surface area contributed by atoms with Gasteiger partial charge in [-0.25, -0.2) is 17.2 Å². The van der Waals surface area contributed by atoms with E-state index in [9.17, 15) is 27.1 Å². The van der Waals surface area contributed by atoms with Gasteiger partial charge in [0.15, 0.2) is 17.4 Å². The van der Waals surface area contributed by atoms with Crippen molar-refractivity contribution >= 4 is 15.8 Å². The number of β-amino-alcohol motifs (C(OH)–C–C–N with tert-alkyl or cyclic N) is 1. The van der Waals surface area contributed by atoms with Crippen LogP contribution in [-0.2, 0) is 10.0 Å². The van der Waals surface area contributed by atoms with Crippen molar-refractivity contribution in [1.29, 1.82) is 0 Å². The van der Waals surface area contributed by atoms with E-state index in [1.54, 1.807) is 24.3 Å². The number of aliphatic hydroxyl groups excluding tert-OH is 1. The number of hydrogen-bond donors (Lipinski definition) is 1. The van der Waals surface area contributed by atoms with Gasteiger partial charge in [-0.2, -0.15) is 4.31 Å². The minimum atomic E-state index is -3.92. The molecule has 0 aliphatic carbocycles. The fourth-order valence-electron chi connectivity index (χ4n) is 3.27. The Kier molecular flexibility index (Phi) is 7.37. The lowest BCUT2D eigenvalue weighted by Crippen LogP contribution is -2.50. The highest BCUT2D eigenvalue weighted by molar-refractivity contribution is 7.89. The van der Waals surface area contributed by atoms with Gasteiger partial charge in [0.1, 0.15) is 18.5 Å². The quantitative estimate of drug-likeness (QED) is 0.614. The summed E-state index contributed by atoms with van der Waals surface area (Å²) in [5.74, 6) is -1.82. The standard InChI is InChI=1S/C21H24F2N2O5S/c1-15(26)16-2-4-18(5-3-16)30-14-17(27)13-24-8-10-25(11-9-24)31(28,29)19-6-7-20(22)21(23)12-19/h2-7,12,17,27H,8-11,13-14H2,1H3/t17-/m1/s1. The third-order valence-electron chi connectivity index (χ3n) is 5.03. The highest BCUT2D eigenvalue weighted by Gasteiger charge is 2.29. The summed E-state index contributed by atoms with van der Waals surface area (Å²) in [6.45, 7) is 2.92. The number of benzene rings is 2. The Hall–Kier alpha value is -2.40. The first-order valence-corrected chi connectivity index (χ1v) is 11.2. The third-order valence-corrected chi connectivity index (χ3v) is 6.93. The summed E-state index contributed by atoms with van der Waals surface area (Å²) < 4.78 is 58.5. The molecule has 0 amide bonds. The maximum Gasteiger partial charge on any atom is 0.243 e. The Labute approximate surface area is 179 Å². The van der Waals surface area contributed by atoms with Crippen LogP contribution in [0.5, 0.6) is 5.75 Å². The summed E-state index contributed by atoms with van der Waals surface area (Å²) in [4.78, 5) is 12.9. The van der Waals surface area contributed by atoms with Gasteiger partial charge in [-0.15, -0.1) is 0 Å². The van der Waals surface area contributed by atoms with Crippen molar-refractivity contribution in [2.45, 2.75) is 17.9 Å². The van der Waals surface area contributed by atoms with E-state index in [2.05, 4.69) is 0 Å². The molecule has 1 atom stereocenters. The number of ether oxygens (including phenoxy) is 1. The van der Waals surface area contributed by atoms with E-state index in [0.717, 1.165) is 12.1 Å². The van der Waals surface area contributed by atoms with E-state index >= 15 is 0 Å². The molecular weight excluding hydrogens is 430 g/mol. The molecule has 10 heteroatoms. The zero-order valence-electron chi connectivity index (χ0n) is 17.0. The van der Waals surface area contributed by atoms with Crippen molar-refractivity contribution in [3.8, 4) is 5.75 Å². The molecule has 0 unspecified atom stereocenters. The molecule has 1 N–H and O–H groups in total. The van der Waals surface area contributed by atoms with E-state index in [4.69, 9.17) is 4.74 Å².